The number of rotatable bonds is 5. The lowest BCUT2D eigenvalue weighted by Crippen LogP contribution is -2.41. The number of anilines is 1. The molecule has 1 unspecified atom stereocenters. The fourth-order valence-electron chi connectivity index (χ4n) is 3.58. The highest BCUT2D eigenvalue weighted by Gasteiger charge is 2.27. The van der Waals surface area contributed by atoms with Crippen molar-refractivity contribution in [2.45, 2.75) is 6.10 Å². The van der Waals surface area contributed by atoms with E-state index in [1.165, 1.54) is 0 Å². The molecule has 8 heteroatoms. The smallest absolute Gasteiger partial charge is 0.255 e. The Bertz CT molecular complexity index is 1080. The Labute approximate surface area is 174 Å². The lowest BCUT2D eigenvalue weighted by molar-refractivity contribution is 0.0374. The number of pyridine rings is 1. The molecule has 0 radical (unpaired) electrons. The summed E-state index contributed by atoms with van der Waals surface area (Å²) in [6.45, 7) is 1.69. The highest BCUT2D eigenvalue weighted by molar-refractivity contribution is 5.59. The maximum absolute atomic E-state index is 12.6. The summed E-state index contributed by atoms with van der Waals surface area (Å²) in [5.74, 6) is 2.03. The Hall–Kier alpha value is -3.39. The molecule has 30 heavy (non-hydrogen) atoms. The van der Waals surface area contributed by atoms with Crippen LogP contribution in [0, 0.1) is 0 Å². The zero-order chi connectivity index (χ0) is 21.1. The lowest BCUT2D eigenvalue weighted by atomic mass is 10.1. The number of benzene rings is 1. The standard InChI is InChI=1S/C22H24N4O4/c1-25-21(27)13-18(15-6-8-23-9-7-15)24-22(25)26-10-11-30-20(14-26)17-5-4-16(28-2)12-19(17)29-3/h4-9,12-13,20H,10-11,14H2,1-3H3. The summed E-state index contributed by atoms with van der Waals surface area (Å²) in [5, 5.41) is 0. The number of methoxy groups -OCH3 is 2. The summed E-state index contributed by atoms with van der Waals surface area (Å²) >= 11 is 0. The fourth-order valence-corrected chi connectivity index (χ4v) is 3.58. The minimum atomic E-state index is -0.221. The van der Waals surface area contributed by atoms with Crippen LogP contribution < -0.4 is 19.9 Å². The first kappa shape index (κ1) is 19.9. The average molecular weight is 408 g/mol. The number of nitrogens with zero attached hydrogens (tertiary/aromatic N) is 4. The van der Waals surface area contributed by atoms with Gasteiger partial charge in [0.05, 0.1) is 33.1 Å². The zero-order valence-electron chi connectivity index (χ0n) is 17.2. The summed E-state index contributed by atoms with van der Waals surface area (Å²) in [7, 11) is 4.98. The number of hydrogen-bond acceptors (Lipinski definition) is 7. The first-order valence-electron chi connectivity index (χ1n) is 9.67. The molecular weight excluding hydrogens is 384 g/mol. The van der Waals surface area contributed by atoms with Crippen molar-refractivity contribution < 1.29 is 14.2 Å². The second kappa shape index (κ2) is 8.54. The molecule has 1 aromatic carbocycles. The van der Waals surface area contributed by atoms with Crippen LogP contribution in [0.15, 0.2) is 53.6 Å². The molecule has 0 saturated carbocycles. The Balaban J connectivity index is 1.67. The van der Waals surface area contributed by atoms with Gasteiger partial charge in [-0.25, -0.2) is 4.98 Å². The predicted molar refractivity (Wildman–Crippen MR) is 113 cm³/mol. The Morgan fingerprint density at radius 3 is 2.63 bits per heavy atom. The van der Waals surface area contributed by atoms with Crippen LogP contribution in [0.1, 0.15) is 11.7 Å². The van der Waals surface area contributed by atoms with Gasteiger partial charge in [0.15, 0.2) is 0 Å². The molecule has 1 fully saturated rings. The maximum Gasteiger partial charge on any atom is 0.255 e. The fraction of sp³-hybridized carbons (Fsp3) is 0.318. The van der Waals surface area contributed by atoms with E-state index in [0.717, 1.165) is 16.9 Å². The van der Waals surface area contributed by atoms with Crippen LogP contribution in [-0.4, -0.2) is 48.5 Å². The third kappa shape index (κ3) is 3.86. The SMILES string of the molecule is COc1ccc(C2CN(c3nc(-c4ccncc4)cc(=O)n3C)CCO2)c(OC)c1. The summed E-state index contributed by atoms with van der Waals surface area (Å²) < 4.78 is 18.4. The van der Waals surface area contributed by atoms with Crippen molar-refractivity contribution in [1.82, 2.24) is 14.5 Å². The molecular formula is C22H24N4O4. The number of hydrogen-bond donors (Lipinski definition) is 0. The molecule has 156 valence electrons. The summed E-state index contributed by atoms with van der Waals surface area (Å²) in [5.41, 5.74) is 2.29. The van der Waals surface area contributed by atoms with E-state index in [1.54, 1.807) is 44.3 Å². The zero-order valence-corrected chi connectivity index (χ0v) is 17.2. The van der Waals surface area contributed by atoms with Gasteiger partial charge in [-0.15, -0.1) is 0 Å². The van der Waals surface area contributed by atoms with Crippen molar-refractivity contribution in [3.63, 3.8) is 0 Å². The third-order valence-corrected chi connectivity index (χ3v) is 5.22. The topological polar surface area (TPSA) is 78.7 Å². The average Bonchev–Trinajstić information content (AvgIpc) is 2.81. The van der Waals surface area contributed by atoms with Crippen LogP contribution in [0.2, 0.25) is 0 Å². The van der Waals surface area contributed by atoms with E-state index in [1.807, 2.05) is 30.3 Å². The summed E-state index contributed by atoms with van der Waals surface area (Å²) in [6.07, 6.45) is 3.16. The van der Waals surface area contributed by atoms with Gasteiger partial charge in [-0.1, -0.05) is 0 Å². The summed E-state index contributed by atoms with van der Waals surface area (Å²) in [4.78, 5) is 23.5. The van der Waals surface area contributed by atoms with Crippen LogP contribution in [0.3, 0.4) is 0 Å². The molecule has 2 aromatic heterocycles. The summed E-state index contributed by atoms with van der Waals surface area (Å²) in [6, 6.07) is 10.9. The van der Waals surface area contributed by atoms with Crippen molar-refractivity contribution in [2.24, 2.45) is 7.05 Å². The Morgan fingerprint density at radius 2 is 1.90 bits per heavy atom. The molecule has 0 amide bonds. The lowest BCUT2D eigenvalue weighted by Gasteiger charge is -2.35. The second-order valence-corrected chi connectivity index (χ2v) is 6.99. The molecule has 0 bridgehead atoms. The minimum absolute atomic E-state index is 0.114. The highest BCUT2D eigenvalue weighted by atomic mass is 16.5. The molecule has 3 heterocycles. The molecule has 1 saturated heterocycles. The van der Waals surface area contributed by atoms with E-state index in [2.05, 4.69) is 9.88 Å². The number of ether oxygens (including phenoxy) is 3. The van der Waals surface area contributed by atoms with Gasteiger partial charge in [-0.05, 0) is 24.3 Å². The van der Waals surface area contributed by atoms with Crippen molar-refractivity contribution in [3.05, 3.63) is 64.7 Å². The second-order valence-electron chi connectivity index (χ2n) is 6.99. The first-order valence-corrected chi connectivity index (χ1v) is 9.67. The number of aromatic nitrogens is 3. The quantitative estimate of drug-likeness (QED) is 0.642. The van der Waals surface area contributed by atoms with Crippen LogP contribution in [0.5, 0.6) is 11.5 Å². The van der Waals surface area contributed by atoms with Crippen LogP contribution in [0.4, 0.5) is 5.95 Å². The van der Waals surface area contributed by atoms with Crippen LogP contribution in [0.25, 0.3) is 11.3 Å². The van der Waals surface area contributed by atoms with Gasteiger partial charge in [0, 0.05) is 49.2 Å². The highest BCUT2D eigenvalue weighted by Crippen LogP contribution is 2.34. The van der Waals surface area contributed by atoms with Gasteiger partial charge in [-0.3, -0.25) is 14.3 Å². The molecule has 4 rings (SSSR count). The van der Waals surface area contributed by atoms with Gasteiger partial charge >= 0.3 is 0 Å². The molecule has 1 atom stereocenters. The predicted octanol–water partition coefficient (Wildman–Crippen LogP) is 2.44. The van der Waals surface area contributed by atoms with E-state index in [0.29, 0.717) is 37.1 Å². The molecule has 8 nitrogen and oxygen atoms in total. The van der Waals surface area contributed by atoms with Gasteiger partial charge < -0.3 is 19.1 Å². The van der Waals surface area contributed by atoms with E-state index in [9.17, 15) is 4.79 Å². The van der Waals surface area contributed by atoms with E-state index < -0.39 is 0 Å². The number of morpholine rings is 1. The Morgan fingerprint density at radius 1 is 1.10 bits per heavy atom. The van der Waals surface area contributed by atoms with Gasteiger partial charge in [0.1, 0.15) is 17.6 Å². The molecule has 1 aliphatic rings. The van der Waals surface area contributed by atoms with Gasteiger partial charge in [0.2, 0.25) is 5.95 Å². The molecule has 0 N–H and O–H groups in total. The van der Waals surface area contributed by atoms with Crippen molar-refractivity contribution in [2.75, 3.05) is 38.8 Å². The third-order valence-electron chi connectivity index (χ3n) is 5.22. The molecule has 0 aliphatic carbocycles. The van der Waals surface area contributed by atoms with E-state index >= 15 is 0 Å². The first-order chi connectivity index (χ1) is 14.6. The largest absolute Gasteiger partial charge is 0.497 e. The monoisotopic (exact) mass is 408 g/mol. The van der Waals surface area contributed by atoms with E-state index in [4.69, 9.17) is 19.2 Å². The maximum atomic E-state index is 12.6. The van der Waals surface area contributed by atoms with Crippen molar-refractivity contribution in [1.29, 1.82) is 0 Å². The van der Waals surface area contributed by atoms with Crippen LogP contribution >= 0.6 is 0 Å². The van der Waals surface area contributed by atoms with Crippen molar-refractivity contribution >= 4 is 5.95 Å². The Kier molecular flexibility index (Phi) is 5.67. The normalized spacial score (nSPS) is 16.4. The molecule has 3 aromatic rings. The molecule has 1 aliphatic heterocycles. The van der Waals surface area contributed by atoms with Crippen LogP contribution in [-0.2, 0) is 11.8 Å². The molecule has 0 spiro atoms. The minimum Gasteiger partial charge on any atom is -0.497 e. The van der Waals surface area contributed by atoms with Gasteiger partial charge in [0.25, 0.3) is 5.56 Å². The van der Waals surface area contributed by atoms with E-state index in [-0.39, 0.29) is 11.7 Å². The van der Waals surface area contributed by atoms with Crippen molar-refractivity contribution in [3.8, 4) is 22.8 Å². The van der Waals surface area contributed by atoms with Gasteiger partial charge in [-0.2, -0.15) is 0 Å².